The van der Waals surface area contributed by atoms with E-state index in [1.54, 1.807) is 0 Å². The number of aryl methyl sites for hydroxylation is 1. The Balaban J connectivity index is 1.61. The number of rotatable bonds is 5. The third kappa shape index (κ3) is 4.12. The van der Waals surface area contributed by atoms with Crippen LogP contribution >= 0.6 is 23.8 Å². The van der Waals surface area contributed by atoms with E-state index in [4.69, 9.17) is 23.8 Å². The third-order valence-electron chi connectivity index (χ3n) is 6.17. The lowest BCUT2D eigenvalue weighted by Gasteiger charge is -2.28. The first-order chi connectivity index (χ1) is 16.0. The van der Waals surface area contributed by atoms with Gasteiger partial charge in [-0.2, -0.15) is 0 Å². The lowest BCUT2D eigenvalue weighted by Crippen LogP contribution is -2.29. The molecule has 33 heavy (non-hydrogen) atoms. The van der Waals surface area contributed by atoms with E-state index in [1.807, 2.05) is 55.0 Å². The summed E-state index contributed by atoms with van der Waals surface area (Å²) in [6, 6.07) is 20.2. The summed E-state index contributed by atoms with van der Waals surface area (Å²) in [4.78, 5) is 11.1. The number of aromatic nitrogens is 3. The summed E-state index contributed by atoms with van der Waals surface area (Å²) in [5.74, 6) is 0. The van der Waals surface area contributed by atoms with Crippen LogP contribution in [0, 0.1) is 13.8 Å². The van der Waals surface area contributed by atoms with Gasteiger partial charge in [0.15, 0.2) is 5.11 Å². The van der Waals surface area contributed by atoms with Crippen LogP contribution < -0.4 is 5.32 Å². The number of thiocarbonyl (C=S) groups is 1. The molecule has 3 aromatic heterocycles. The van der Waals surface area contributed by atoms with Crippen molar-refractivity contribution in [3.8, 4) is 5.69 Å². The number of pyridine rings is 2. The van der Waals surface area contributed by atoms with E-state index in [0.29, 0.717) is 6.54 Å². The van der Waals surface area contributed by atoms with Crippen molar-refractivity contribution in [1.29, 1.82) is 0 Å². The molecule has 166 valence electrons. The standard InChI is InChI=1S/C26H24ClN5S/c1-17-15-22(18(2)32(17)21-8-6-20(27)7-9-21)25-24(23-5-3-4-12-29-23)30-26(33)31(25)16-19-10-13-28-14-11-19/h3-15,24-25H,16H2,1-2H3,(H,30,33)/t24-,25-/m0/s1. The molecule has 0 bridgehead atoms. The third-order valence-corrected chi connectivity index (χ3v) is 6.78. The van der Waals surface area contributed by atoms with E-state index in [1.165, 1.54) is 11.3 Å². The largest absolute Gasteiger partial charge is 0.352 e. The molecule has 5 nitrogen and oxygen atoms in total. The average molecular weight is 474 g/mol. The monoisotopic (exact) mass is 473 g/mol. The molecule has 0 amide bonds. The molecule has 1 aromatic carbocycles. The predicted molar refractivity (Wildman–Crippen MR) is 135 cm³/mol. The highest BCUT2D eigenvalue weighted by Crippen LogP contribution is 2.42. The minimum Gasteiger partial charge on any atom is -0.352 e. The van der Waals surface area contributed by atoms with Gasteiger partial charge >= 0.3 is 0 Å². The smallest absolute Gasteiger partial charge is 0.170 e. The molecule has 1 aliphatic heterocycles. The number of halogens is 1. The Morgan fingerprint density at radius 1 is 1.00 bits per heavy atom. The summed E-state index contributed by atoms with van der Waals surface area (Å²) in [6.45, 7) is 4.99. The fraction of sp³-hybridized carbons (Fsp3) is 0.192. The van der Waals surface area contributed by atoms with Crippen LogP contribution in [0.1, 0.15) is 40.3 Å². The van der Waals surface area contributed by atoms with Gasteiger partial charge in [0.1, 0.15) is 0 Å². The molecule has 0 unspecified atom stereocenters. The van der Waals surface area contributed by atoms with Crippen molar-refractivity contribution < 1.29 is 0 Å². The average Bonchev–Trinajstić information content (AvgIpc) is 3.31. The normalized spacial score (nSPS) is 17.9. The van der Waals surface area contributed by atoms with Gasteiger partial charge in [-0.1, -0.05) is 17.7 Å². The summed E-state index contributed by atoms with van der Waals surface area (Å²) in [5, 5.41) is 5.00. The van der Waals surface area contributed by atoms with Gasteiger partial charge in [-0.15, -0.1) is 0 Å². The summed E-state index contributed by atoms with van der Waals surface area (Å²) in [7, 11) is 0. The van der Waals surface area contributed by atoms with E-state index in [0.717, 1.165) is 32.8 Å². The molecule has 1 fully saturated rings. The van der Waals surface area contributed by atoms with Crippen LogP contribution in [0.25, 0.3) is 5.69 Å². The van der Waals surface area contributed by atoms with E-state index in [9.17, 15) is 0 Å². The number of nitrogens with one attached hydrogen (secondary N) is 1. The number of hydrogen-bond donors (Lipinski definition) is 1. The van der Waals surface area contributed by atoms with Gasteiger partial charge in [0.2, 0.25) is 0 Å². The lowest BCUT2D eigenvalue weighted by molar-refractivity contribution is 0.310. The Labute approximate surface area is 204 Å². The minimum atomic E-state index is -0.0558. The maximum absolute atomic E-state index is 6.14. The SMILES string of the molecule is Cc1cc([C@H]2[C@H](c3ccccn3)NC(=S)N2Cc2ccncc2)c(C)n1-c1ccc(Cl)cc1. The van der Waals surface area contributed by atoms with Crippen LogP contribution in [0.5, 0.6) is 0 Å². The number of benzene rings is 1. The van der Waals surface area contributed by atoms with E-state index >= 15 is 0 Å². The maximum atomic E-state index is 6.14. The second-order valence-corrected chi connectivity index (χ2v) is 9.07. The van der Waals surface area contributed by atoms with Crippen molar-refractivity contribution in [2.75, 3.05) is 0 Å². The van der Waals surface area contributed by atoms with Crippen LogP contribution in [0.4, 0.5) is 0 Å². The quantitative estimate of drug-likeness (QED) is 0.376. The van der Waals surface area contributed by atoms with Gasteiger partial charge in [-0.05, 0) is 91.8 Å². The topological polar surface area (TPSA) is 46.0 Å². The summed E-state index contributed by atoms with van der Waals surface area (Å²) in [5.41, 5.74) is 6.77. The molecule has 0 radical (unpaired) electrons. The molecule has 4 heterocycles. The Hall–Kier alpha value is -3.22. The fourth-order valence-corrected chi connectivity index (χ4v) is 5.10. The van der Waals surface area contributed by atoms with E-state index in [2.05, 4.69) is 62.9 Å². The highest BCUT2D eigenvalue weighted by molar-refractivity contribution is 7.80. The molecule has 1 aliphatic rings. The molecular weight excluding hydrogens is 450 g/mol. The van der Waals surface area contributed by atoms with Gasteiger partial charge < -0.3 is 14.8 Å². The van der Waals surface area contributed by atoms with Gasteiger partial charge in [0.05, 0.1) is 17.8 Å². The Morgan fingerprint density at radius 3 is 2.45 bits per heavy atom. The van der Waals surface area contributed by atoms with Crippen LogP contribution in [0.2, 0.25) is 5.02 Å². The van der Waals surface area contributed by atoms with Crippen LogP contribution in [-0.4, -0.2) is 24.5 Å². The van der Waals surface area contributed by atoms with Crippen molar-refractivity contribution >= 4 is 28.9 Å². The van der Waals surface area contributed by atoms with Gasteiger partial charge in [0, 0.05) is 47.2 Å². The first kappa shape index (κ1) is 21.6. The summed E-state index contributed by atoms with van der Waals surface area (Å²) >= 11 is 12.0. The van der Waals surface area contributed by atoms with Crippen molar-refractivity contribution in [1.82, 2.24) is 24.8 Å². The zero-order valence-electron chi connectivity index (χ0n) is 18.4. The molecule has 0 spiro atoms. The molecular formula is C26H24ClN5S. The molecule has 0 aliphatic carbocycles. The van der Waals surface area contributed by atoms with E-state index < -0.39 is 0 Å². The first-order valence-corrected chi connectivity index (χ1v) is 11.6. The molecule has 1 saturated heterocycles. The number of nitrogens with zero attached hydrogens (tertiary/aromatic N) is 4. The Bertz CT molecular complexity index is 1270. The van der Waals surface area contributed by atoms with Crippen molar-refractivity contribution in [3.63, 3.8) is 0 Å². The van der Waals surface area contributed by atoms with Crippen LogP contribution in [-0.2, 0) is 6.54 Å². The van der Waals surface area contributed by atoms with Gasteiger partial charge in [0.25, 0.3) is 0 Å². The van der Waals surface area contributed by atoms with E-state index in [-0.39, 0.29) is 12.1 Å². The van der Waals surface area contributed by atoms with Gasteiger partial charge in [-0.3, -0.25) is 9.97 Å². The Kier molecular flexibility index (Phi) is 5.87. The molecule has 0 saturated carbocycles. The second kappa shape index (κ2) is 8.96. The predicted octanol–water partition coefficient (Wildman–Crippen LogP) is 5.71. The molecule has 2 atom stereocenters. The molecule has 1 N–H and O–H groups in total. The fourth-order valence-electron chi connectivity index (χ4n) is 4.67. The minimum absolute atomic E-state index is 0.00665. The van der Waals surface area contributed by atoms with Gasteiger partial charge in [-0.25, -0.2) is 0 Å². The zero-order chi connectivity index (χ0) is 22.9. The zero-order valence-corrected chi connectivity index (χ0v) is 20.0. The van der Waals surface area contributed by atoms with Crippen molar-refractivity contribution in [3.05, 3.63) is 112 Å². The van der Waals surface area contributed by atoms with Crippen molar-refractivity contribution in [2.24, 2.45) is 0 Å². The highest BCUT2D eigenvalue weighted by atomic mass is 35.5. The first-order valence-electron chi connectivity index (χ1n) is 10.8. The summed E-state index contributed by atoms with van der Waals surface area (Å²) < 4.78 is 2.27. The second-order valence-electron chi connectivity index (χ2n) is 8.25. The van der Waals surface area contributed by atoms with Crippen molar-refractivity contribution in [2.45, 2.75) is 32.5 Å². The lowest BCUT2D eigenvalue weighted by atomic mass is 9.96. The number of hydrogen-bond acceptors (Lipinski definition) is 3. The Morgan fingerprint density at radius 2 is 1.76 bits per heavy atom. The highest BCUT2D eigenvalue weighted by Gasteiger charge is 2.41. The molecule has 5 rings (SSSR count). The molecule has 4 aromatic rings. The van der Waals surface area contributed by atoms with Crippen LogP contribution in [0.3, 0.4) is 0 Å². The van der Waals surface area contributed by atoms with Crippen LogP contribution in [0.15, 0.2) is 79.3 Å². The summed E-state index contributed by atoms with van der Waals surface area (Å²) in [6.07, 6.45) is 5.47. The maximum Gasteiger partial charge on any atom is 0.170 e. The molecule has 7 heteroatoms.